The van der Waals surface area contributed by atoms with Crippen molar-refractivity contribution >= 4 is 38.8 Å². The molecule has 4 aromatic rings. The van der Waals surface area contributed by atoms with E-state index in [9.17, 15) is 4.79 Å². The summed E-state index contributed by atoms with van der Waals surface area (Å²) < 4.78 is 6.32. The van der Waals surface area contributed by atoms with Crippen molar-refractivity contribution in [1.82, 2.24) is 20.4 Å². The van der Waals surface area contributed by atoms with Gasteiger partial charge in [0.1, 0.15) is 5.01 Å². The molecule has 1 aliphatic carbocycles. The smallest absolute Gasteiger partial charge is 0.261 e. The summed E-state index contributed by atoms with van der Waals surface area (Å²) >= 11 is 3.07. The molecule has 6 nitrogen and oxygen atoms in total. The number of nitrogens with zero attached hydrogens (tertiary/aromatic N) is 3. The van der Waals surface area contributed by atoms with E-state index >= 15 is 0 Å². The molecule has 0 unspecified atom stereocenters. The number of rotatable bonds is 5. The second-order valence-corrected chi connectivity index (χ2v) is 8.27. The van der Waals surface area contributed by atoms with E-state index in [1.54, 1.807) is 11.3 Å². The summed E-state index contributed by atoms with van der Waals surface area (Å²) in [6, 6.07) is 11.8. The number of para-hydroxylation sites is 1. The molecule has 3 aromatic heterocycles. The van der Waals surface area contributed by atoms with E-state index in [1.165, 1.54) is 11.3 Å². The number of nitrogens with one attached hydrogen (secondary N) is 1. The summed E-state index contributed by atoms with van der Waals surface area (Å²) in [5, 5.41) is 7.72. The van der Waals surface area contributed by atoms with Crippen molar-refractivity contribution in [3.05, 3.63) is 53.0 Å². The fraction of sp³-hybridized carbons (Fsp3) is 0.222. The molecule has 0 saturated heterocycles. The van der Waals surface area contributed by atoms with Gasteiger partial charge in [0.15, 0.2) is 5.82 Å². The summed E-state index contributed by atoms with van der Waals surface area (Å²) in [4.78, 5) is 23.0. The molecule has 0 radical (unpaired) electrons. The van der Waals surface area contributed by atoms with Crippen LogP contribution in [0.4, 0.5) is 0 Å². The van der Waals surface area contributed by atoms with Crippen molar-refractivity contribution in [2.75, 3.05) is 0 Å². The number of thiophene rings is 1. The summed E-state index contributed by atoms with van der Waals surface area (Å²) in [6.07, 6.45) is 2.24. The molecule has 1 fully saturated rings. The molecule has 26 heavy (non-hydrogen) atoms. The molecule has 130 valence electrons. The number of carbonyl (C=O) groups is 1. The first-order valence-electron chi connectivity index (χ1n) is 8.33. The van der Waals surface area contributed by atoms with Gasteiger partial charge >= 0.3 is 0 Å². The molecule has 5 rings (SSSR count). The van der Waals surface area contributed by atoms with Crippen LogP contribution in [0.25, 0.3) is 20.1 Å². The molecule has 1 aromatic carbocycles. The molecular weight excluding hydrogens is 368 g/mol. The lowest BCUT2D eigenvalue weighted by Gasteiger charge is -1.98. The normalized spacial score (nSPS) is 14.0. The second-order valence-electron chi connectivity index (χ2n) is 6.15. The number of hydrogen-bond donors (Lipinski definition) is 1. The van der Waals surface area contributed by atoms with Crippen LogP contribution in [0.15, 0.2) is 40.9 Å². The number of aromatic nitrogens is 3. The molecule has 1 saturated carbocycles. The Hall–Kier alpha value is -2.58. The van der Waals surface area contributed by atoms with Gasteiger partial charge in [0.05, 0.1) is 26.5 Å². The third-order valence-corrected chi connectivity index (χ3v) is 6.45. The topological polar surface area (TPSA) is 80.9 Å². The van der Waals surface area contributed by atoms with Gasteiger partial charge in [-0.25, -0.2) is 4.98 Å². The van der Waals surface area contributed by atoms with Crippen molar-refractivity contribution in [3.63, 3.8) is 0 Å². The SMILES string of the molecule is O=C(NCc1nc(C2CC2)no1)c1ccc(-c2nc3ccccc3s2)s1. The maximum absolute atomic E-state index is 12.4. The minimum absolute atomic E-state index is 0.145. The highest BCUT2D eigenvalue weighted by Crippen LogP contribution is 2.38. The fourth-order valence-corrected chi connectivity index (χ4v) is 4.59. The zero-order valence-corrected chi connectivity index (χ0v) is 15.3. The van der Waals surface area contributed by atoms with E-state index in [4.69, 9.17) is 4.52 Å². The summed E-state index contributed by atoms with van der Waals surface area (Å²) in [7, 11) is 0. The molecule has 0 bridgehead atoms. The van der Waals surface area contributed by atoms with Gasteiger partial charge in [-0.2, -0.15) is 4.98 Å². The van der Waals surface area contributed by atoms with Crippen LogP contribution < -0.4 is 5.32 Å². The van der Waals surface area contributed by atoms with E-state index in [0.29, 0.717) is 16.7 Å². The van der Waals surface area contributed by atoms with Crippen molar-refractivity contribution in [2.45, 2.75) is 25.3 Å². The van der Waals surface area contributed by atoms with Gasteiger partial charge in [-0.3, -0.25) is 4.79 Å². The quantitative estimate of drug-likeness (QED) is 0.559. The molecule has 1 aliphatic rings. The Labute approximate surface area is 156 Å². The minimum atomic E-state index is -0.145. The molecule has 0 aliphatic heterocycles. The average Bonchev–Trinajstić information content (AvgIpc) is 3.09. The Balaban J connectivity index is 1.28. The van der Waals surface area contributed by atoms with Crippen LogP contribution in [0.3, 0.4) is 0 Å². The van der Waals surface area contributed by atoms with E-state index in [2.05, 4.69) is 26.5 Å². The van der Waals surface area contributed by atoms with E-state index in [0.717, 1.165) is 38.8 Å². The lowest BCUT2D eigenvalue weighted by molar-refractivity contribution is 0.0950. The van der Waals surface area contributed by atoms with E-state index < -0.39 is 0 Å². The highest BCUT2D eigenvalue weighted by molar-refractivity contribution is 7.26. The molecule has 1 amide bonds. The number of hydrogen-bond acceptors (Lipinski definition) is 7. The molecular formula is C18H14N4O2S2. The Morgan fingerprint density at radius 1 is 1.15 bits per heavy atom. The zero-order chi connectivity index (χ0) is 17.5. The van der Waals surface area contributed by atoms with Crippen LogP contribution in [-0.4, -0.2) is 21.0 Å². The first-order valence-corrected chi connectivity index (χ1v) is 9.96. The molecule has 1 N–H and O–H groups in total. The van der Waals surface area contributed by atoms with Gasteiger partial charge in [0.25, 0.3) is 5.91 Å². The number of carbonyl (C=O) groups excluding carboxylic acids is 1. The monoisotopic (exact) mass is 382 g/mol. The predicted molar refractivity (Wildman–Crippen MR) is 100 cm³/mol. The van der Waals surface area contributed by atoms with Gasteiger partial charge < -0.3 is 9.84 Å². The number of thiazole rings is 1. The largest absolute Gasteiger partial charge is 0.342 e. The van der Waals surface area contributed by atoms with Gasteiger partial charge in [0, 0.05) is 5.92 Å². The van der Waals surface area contributed by atoms with Crippen LogP contribution >= 0.6 is 22.7 Å². The number of fused-ring (bicyclic) bond motifs is 1. The molecule has 3 heterocycles. The Bertz CT molecular complexity index is 1060. The van der Waals surface area contributed by atoms with Crippen LogP contribution in [0.5, 0.6) is 0 Å². The molecule has 0 atom stereocenters. The Kier molecular flexibility index (Phi) is 3.79. The Morgan fingerprint density at radius 3 is 2.88 bits per heavy atom. The third-order valence-electron chi connectivity index (χ3n) is 4.16. The highest BCUT2D eigenvalue weighted by atomic mass is 32.1. The van der Waals surface area contributed by atoms with Crippen LogP contribution in [0.2, 0.25) is 0 Å². The summed E-state index contributed by atoms with van der Waals surface area (Å²) in [6.45, 7) is 0.243. The predicted octanol–water partition coefficient (Wildman–Crippen LogP) is 4.22. The average molecular weight is 382 g/mol. The maximum Gasteiger partial charge on any atom is 0.261 e. The van der Waals surface area contributed by atoms with Gasteiger partial charge in [-0.15, -0.1) is 22.7 Å². The third kappa shape index (κ3) is 3.02. The van der Waals surface area contributed by atoms with Gasteiger partial charge in [-0.05, 0) is 37.1 Å². The first-order chi connectivity index (χ1) is 12.8. The second kappa shape index (κ2) is 6.30. The fourth-order valence-electron chi connectivity index (χ4n) is 2.64. The van der Waals surface area contributed by atoms with Crippen molar-refractivity contribution < 1.29 is 9.32 Å². The van der Waals surface area contributed by atoms with Gasteiger partial charge in [0.2, 0.25) is 5.89 Å². The number of benzene rings is 1. The molecule has 8 heteroatoms. The van der Waals surface area contributed by atoms with E-state index in [-0.39, 0.29) is 12.5 Å². The van der Waals surface area contributed by atoms with E-state index in [1.807, 2.05) is 30.3 Å². The summed E-state index contributed by atoms with van der Waals surface area (Å²) in [5.41, 5.74) is 0.981. The maximum atomic E-state index is 12.4. The van der Waals surface area contributed by atoms with Crippen molar-refractivity contribution in [2.24, 2.45) is 0 Å². The zero-order valence-electron chi connectivity index (χ0n) is 13.6. The van der Waals surface area contributed by atoms with Crippen molar-refractivity contribution in [3.8, 4) is 9.88 Å². The first kappa shape index (κ1) is 15.7. The lowest BCUT2D eigenvalue weighted by Crippen LogP contribution is -2.21. The number of amides is 1. The standard InChI is InChI=1S/C18H14N4O2S2/c23-17(19-9-15-21-16(22-24-15)10-5-6-10)13-7-8-14(25-13)18-20-11-3-1-2-4-12(11)26-18/h1-4,7-8,10H,5-6,9H2,(H,19,23). The van der Waals surface area contributed by atoms with Gasteiger partial charge in [-0.1, -0.05) is 17.3 Å². The minimum Gasteiger partial charge on any atom is -0.342 e. The summed E-state index contributed by atoms with van der Waals surface area (Å²) in [5.74, 6) is 1.50. The van der Waals surface area contributed by atoms with Crippen molar-refractivity contribution in [1.29, 1.82) is 0 Å². The molecule has 0 spiro atoms. The van der Waals surface area contributed by atoms with Crippen LogP contribution in [0, 0.1) is 0 Å². The lowest BCUT2D eigenvalue weighted by atomic mass is 10.3. The van der Waals surface area contributed by atoms with Crippen LogP contribution in [0.1, 0.15) is 40.1 Å². The Morgan fingerprint density at radius 2 is 2.04 bits per heavy atom. The van der Waals surface area contributed by atoms with Crippen LogP contribution in [-0.2, 0) is 6.54 Å². The highest BCUT2D eigenvalue weighted by Gasteiger charge is 2.28.